The lowest BCUT2D eigenvalue weighted by molar-refractivity contribution is -0.140. The first kappa shape index (κ1) is 25.4. The normalized spacial score (nSPS) is 20.4. The molecule has 2 saturated heterocycles. The van der Waals surface area contributed by atoms with Crippen molar-refractivity contribution in [3.05, 3.63) is 69.2 Å². The Morgan fingerprint density at radius 3 is 2.49 bits per heavy atom. The van der Waals surface area contributed by atoms with Crippen LogP contribution in [0.1, 0.15) is 36.1 Å². The minimum absolute atomic E-state index is 0.115. The van der Waals surface area contributed by atoms with Crippen LogP contribution in [0.15, 0.2) is 52.5 Å². The fraction of sp³-hybridized carbons (Fsp3) is 0.407. The molecule has 1 N–H and O–H groups in total. The van der Waals surface area contributed by atoms with Crippen LogP contribution in [0, 0.1) is 6.92 Å². The van der Waals surface area contributed by atoms with E-state index in [9.17, 15) is 14.7 Å². The molecule has 2 fully saturated rings. The average molecular weight is 543 g/mol. The molecular formula is C27H31BrN2O5. The van der Waals surface area contributed by atoms with Crippen LogP contribution in [-0.2, 0) is 14.3 Å². The molecule has 0 radical (unpaired) electrons. The van der Waals surface area contributed by atoms with E-state index in [0.29, 0.717) is 44.2 Å². The molecule has 1 amide bonds. The minimum atomic E-state index is -0.667. The molecule has 0 aliphatic carbocycles. The van der Waals surface area contributed by atoms with Crippen LogP contribution in [0.4, 0.5) is 0 Å². The molecule has 2 aromatic rings. The zero-order chi connectivity index (χ0) is 24.9. The zero-order valence-electron chi connectivity index (χ0n) is 20.1. The molecule has 2 aliphatic rings. The summed E-state index contributed by atoms with van der Waals surface area (Å²) >= 11 is 3.45. The Labute approximate surface area is 214 Å². The summed E-state index contributed by atoms with van der Waals surface area (Å²) in [4.78, 5) is 30.3. The van der Waals surface area contributed by atoms with E-state index in [1.54, 1.807) is 17.0 Å². The molecular weight excluding hydrogens is 512 g/mol. The van der Waals surface area contributed by atoms with Gasteiger partial charge in [-0.05, 0) is 54.8 Å². The lowest BCUT2D eigenvalue weighted by Crippen LogP contribution is -2.42. The molecule has 186 valence electrons. The Morgan fingerprint density at radius 2 is 1.83 bits per heavy atom. The highest BCUT2D eigenvalue weighted by Gasteiger charge is 2.46. The molecule has 0 aromatic heterocycles. The number of ether oxygens (including phenoxy) is 2. The van der Waals surface area contributed by atoms with Crippen LogP contribution in [0.2, 0.25) is 0 Å². The number of ketones is 1. The Bertz CT molecular complexity index is 1110. The Kier molecular flexibility index (Phi) is 8.26. The topological polar surface area (TPSA) is 79.3 Å². The van der Waals surface area contributed by atoms with Crippen molar-refractivity contribution < 1.29 is 24.2 Å². The number of aliphatic hydroxyl groups is 1. The summed E-state index contributed by atoms with van der Waals surface area (Å²) in [7, 11) is 0. The first-order valence-electron chi connectivity index (χ1n) is 12.0. The molecule has 7 nitrogen and oxygen atoms in total. The van der Waals surface area contributed by atoms with Crippen molar-refractivity contribution in [3.63, 3.8) is 0 Å². The highest BCUT2D eigenvalue weighted by molar-refractivity contribution is 9.10. The van der Waals surface area contributed by atoms with E-state index in [1.807, 2.05) is 44.2 Å². The number of rotatable bonds is 8. The van der Waals surface area contributed by atoms with Crippen molar-refractivity contribution >= 4 is 33.4 Å². The van der Waals surface area contributed by atoms with Gasteiger partial charge in [0.25, 0.3) is 11.7 Å². The number of halogens is 1. The van der Waals surface area contributed by atoms with Crippen molar-refractivity contribution in [1.29, 1.82) is 0 Å². The maximum Gasteiger partial charge on any atom is 0.295 e. The Hall–Kier alpha value is -2.68. The SMILES string of the molecule is CCCOc1ccc(/C(O)=C2\C(=O)C(=O)N(CCN3CCOCC3)C2c2ccc(Br)cc2)c(C)c1. The Balaban J connectivity index is 1.71. The molecule has 35 heavy (non-hydrogen) atoms. The number of morpholine rings is 1. The van der Waals surface area contributed by atoms with Crippen molar-refractivity contribution in [2.24, 2.45) is 0 Å². The second kappa shape index (κ2) is 11.4. The number of benzene rings is 2. The van der Waals surface area contributed by atoms with Gasteiger partial charge in [0.15, 0.2) is 0 Å². The first-order chi connectivity index (χ1) is 16.9. The van der Waals surface area contributed by atoms with Gasteiger partial charge in [0.1, 0.15) is 11.5 Å². The van der Waals surface area contributed by atoms with Crippen molar-refractivity contribution in [2.45, 2.75) is 26.3 Å². The van der Waals surface area contributed by atoms with E-state index in [2.05, 4.69) is 20.8 Å². The molecule has 4 rings (SSSR count). The monoisotopic (exact) mass is 542 g/mol. The lowest BCUT2D eigenvalue weighted by Gasteiger charge is -2.31. The number of aliphatic hydroxyl groups excluding tert-OH is 1. The Morgan fingerprint density at radius 1 is 1.11 bits per heavy atom. The third kappa shape index (κ3) is 5.60. The molecule has 0 bridgehead atoms. The smallest absolute Gasteiger partial charge is 0.295 e. The van der Waals surface area contributed by atoms with E-state index >= 15 is 0 Å². The highest BCUT2D eigenvalue weighted by Crippen LogP contribution is 2.40. The molecule has 1 atom stereocenters. The van der Waals surface area contributed by atoms with Crippen LogP contribution in [0.25, 0.3) is 5.76 Å². The quantitative estimate of drug-likeness (QED) is 0.304. The summed E-state index contributed by atoms with van der Waals surface area (Å²) < 4.78 is 12.0. The van der Waals surface area contributed by atoms with Gasteiger partial charge in [0.2, 0.25) is 0 Å². The fourth-order valence-electron chi connectivity index (χ4n) is 4.53. The summed E-state index contributed by atoms with van der Waals surface area (Å²) in [5, 5.41) is 11.4. The number of aryl methyl sites for hydroxylation is 1. The van der Waals surface area contributed by atoms with Gasteiger partial charge in [-0.1, -0.05) is 35.0 Å². The number of Topliss-reactive ketones (excluding diaryl/α,β-unsaturated/α-hetero) is 1. The molecule has 8 heteroatoms. The van der Waals surface area contributed by atoms with Gasteiger partial charge in [0.05, 0.1) is 31.4 Å². The van der Waals surface area contributed by atoms with E-state index < -0.39 is 17.7 Å². The molecule has 1 unspecified atom stereocenters. The van der Waals surface area contributed by atoms with Gasteiger partial charge in [-0.3, -0.25) is 14.5 Å². The first-order valence-corrected chi connectivity index (χ1v) is 12.8. The van der Waals surface area contributed by atoms with E-state index in [-0.39, 0.29) is 11.3 Å². The van der Waals surface area contributed by atoms with Gasteiger partial charge < -0.3 is 19.5 Å². The fourth-order valence-corrected chi connectivity index (χ4v) is 4.80. The molecule has 2 heterocycles. The third-order valence-electron chi connectivity index (χ3n) is 6.41. The lowest BCUT2D eigenvalue weighted by atomic mass is 9.94. The largest absolute Gasteiger partial charge is 0.507 e. The predicted molar refractivity (Wildman–Crippen MR) is 137 cm³/mol. The maximum atomic E-state index is 13.3. The number of carbonyl (C=O) groups is 2. The van der Waals surface area contributed by atoms with E-state index in [1.165, 1.54) is 0 Å². The molecule has 0 saturated carbocycles. The second-order valence-corrected chi connectivity index (χ2v) is 9.74. The van der Waals surface area contributed by atoms with Crippen LogP contribution in [0.3, 0.4) is 0 Å². The standard InChI is InChI=1S/C27H31BrN2O5/c1-3-14-35-21-8-9-22(18(2)17-21)25(31)23-24(19-4-6-20(28)7-5-19)30(27(33)26(23)32)11-10-29-12-15-34-16-13-29/h4-9,17,24,31H,3,10-16H2,1-2H3/b25-23+. The summed E-state index contributed by atoms with van der Waals surface area (Å²) in [5.41, 5.74) is 2.17. The van der Waals surface area contributed by atoms with Gasteiger partial charge in [-0.25, -0.2) is 0 Å². The number of hydrogen-bond donors (Lipinski definition) is 1. The number of nitrogens with zero attached hydrogens (tertiary/aromatic N) is 2. The molecule has 2 aliphatic heterocycles. The zero-order valence-corrected chi connectivity index (χ0v) is 21.7. The van der Waals surface area contributed by atoms with Gasteiger partial charge >= 0.3 is 0 Å². The van der Waals surface area contributed by atoms with Crippen molar-refractivity contribution in [2.75, 3.05) is 46.0 Å². The summed E-state index contributed by atoms with van der Waals surface area (Å²) in [6, 6.07) is 12.2. The van der Waals surface area contributed by atoms with Crippen LogP contribution in [-0.4, -0.2) is 72.6 Å². The van der Waals surface area contributed by atoms with E-state index in [0.717, 1.165) is 35.1 Å². The maximum absolute atomic E-state index is 13.3. The average Bonchev–Trinajstić information content (AvgIpc) is 3.12. The number of amides is 1. The van der Waals surface area contributed by atoms with E-state index in [4.69, 9.17) is 9.47 Å². The molecule has 2 aromatic carbocycles. The highest BCUT2D eigenvalue weighted by atomic mass is 79.9. The number of likely N-dealkylation sites (tertiary alicyclic amines) is 1. The van der Waals surface area contributed by atoms with Crippen LogP contribution < -0.4 is 4.74 Å². The summed E-state index contributed by atoms with van der Waals surface area (Å²) in [6.45, 7) is 8.40. The number of hydrogen-bond acceptors (Lipinski definition) is 6. The van der Waals surface area contributed by atoms with Crippen molar-refractivity contribution in [1.82, 2.24) is 9.80 Å². The van der Waals surface area contributed by atoms with Gasteiger partial charge in [-0.2, -0.15) is 0 Å². The van der Waals surface area contributed by atoms with Gasteiger partial charge in [-0.15, -0.1) is 0 Å². The minimum Gasteiger partial charge on any atom is -0.507 e. The third-order valence-corrected chi connectivity index (χ3v) is 6.94. The summed E-state index contributed by atoms with van der Waals surface area (Å²) in [5.74, 6) is -0.711. The second-order valence-electron chi connectivity index (χ2n) is 8.82. The predicted octanol–water partition coefficient (Wildman–Crippen LogP) is 4.30. The molecule has 0 spiro atoms. The summed E-state index contributed by atoms with van der Waals surface area (Å²) in [6.07, 6.45) is 0.891. The number of carbonyl (C=O) groups excluding carboxylic acids is 2. The van der Waals surface area contributed by atoms with Gasteiger partial charge in [0, 0.05) is 36.2 Å². The van der Waals surface area contributed by atoms with Crippen molar-refractivity contribution in [3.8, 4) is 5.75 Å². The van der Waals surface area contributed by atoms with Crippen LogP contribution in [0.5, 0.6) is 5.75 Å². The van der Waals surface area contributed by atoms with Crippen LogP contribution >= 0.6 is 15.9 Å².